The van der Waals surface area contributed by atoms with Crippen LogP contribution < -0.4 is 0 Å². The van der Waals surface area contributed by atoms with Crippen LogP contribution in [0.25, 0.3) is 12.2 Å². The Morgan fingerprint density at radius 1 is 0.826 bits per heavy atom. The van der Waals surface area contributed by atoms with Gasteiger partial charge in [-0.25, -0.2) is 4.79 Å². The third-order valence-electron chi connectivity index (χ3n) is 3.03. The Balaban J connectivity index is 2.10. The van der Waals surface area contributed by atoms with Gasteiger partial charge in [-0.05, 0) is 35.4 Å². The maximum Gasteiger partial charge on any atom is 0.328 e. The fourth-order valence-electron chi connectivity index (χ4n) is 1.88. The second-order valence-electron chi connectivity index (χ2n) is 4.74. The van der Waals surface area contributed by atoms with Crippen LogP contribution >= 0.6 is 0 Å². The molecule has 0 aliphatic heterocycles. The highest BCUT2D eigenvalue weighted by Crippen LogP contribution is 2.23. The predicted molar refractivity (Wildman–Crippen MR) is 86.2 cm³/mol. The molecular weight excluding hydrogens is 296 g/mol. The van der Waals surface area contributed by atoms with Crippen LogP contribution in [0.3, 0.4) is 0 Å². The van der Waals surface area contributed by atoms with Crippen LogP contribution in [0, 0.1) is 0 Å². The molecule has 0 spiro atoms. The van der Waals surface area contributed by atoms with Gasteiger partial charge in [-0.1, -0.05) is 30.3 Å². The van der Waals surface area contributed by atoms with Crippen LogP contribution in [-0.2, 0) is 4.79 Å². The molecule has 0 aliphatic carbocycles. The summed E-state index contributed by atoms with van der Waals surface area (Å²) in [6, 6.07) is 10.7. The van der Waals surface area contributed by atoms with Gasteiger partial charge in [0, 0.05) is 12.1 Å². The average Bonchev–Trinajstić information content (AvgIpc) is 2.51. The molecular formula is C18H14O5. The lowest BCUT2D eigenvalue weighted by Gasteiger charge is -2.01. The smallest absolute Gasteiger partial charge is 0.328 e. The Kier molecular flexibility index (Phi) is 4.94. The minimum absolute atomic E-state index is 0.0973. The molecule has 0 aliphatic rings. The molecule has 3 N–H and O–H groups in total. The van der Waals surface area contributed by atoms with E-state index in [-0.39, 0.29) is 17.1 Å². The summed E-state index contributed by atoms with van der Waals surface area (Å²) in [5, 5.41) is 27.4. The Hall–Kier alpha value is -3.34. The molecule has 0 heterocycles. The van der Waals surface area contributed by atoms with E-state index in [4.69, 9.17) is 5.11 Å². The van der Waals surface area contributed by atoms with Crippen molar-refractivity contribution in [3.05, 3.63) is 71.3 Å². The monoisotopic (exact) mass is 310 g/mol. The van der Waals surface area contributed by atoms with Gasteiger partial charge in [0.15, 0.2) is 5.78 Å². The first-order chi connectivity index (χ1) is 11.0. The van der Waals surface area contributed by atoms with E-state index < -0.39 is 11.8 Å². The molecule has 0 atom stereocenters. The van der Waals surface area contributed by atoms with Crippen molar-refractivity contribution in [3.63, 3.8) is 0 Å². The first-order valence-electron chi connectivity index (χ1n) is 6.71. The fourth-order valence-corrected chi connectivity index (χ4v) is 1.88. The van der Waals surface area contributed by atoms with Crippen LogP contribution in [0.5, 0.6) is 11.5 Å². The van der Waals surface area contributed by atoms with Crippen LogP contribution in [-0.4, -0.2) is 27.1 Å². The van der Waals surface area contributed by atoms with E-state index in [1.54, 1.807) is 30.3 Å². The molecule has 0 amide bonds. The lowest BCUT2D eigenvalue weighted by atomic mass is 10.1. The van der Waals surface area contributed by atoms with Gasteiger partial charge in [0.2, 0.25) is 0 Å². The van der Waals surface area contributed by atoms with E-state index in [9.17, 15) is 19.8 Å². The Morgan fingerprint density at radius 3 is 1.91 bits per heavy atom. The predicted octanol–water partition coefficient (Wildman–Crippen LogP) is 3.09. The number of benzene rings is 2. The number of carbonyl (C=O) groups is 2. The van der Waals surface area contributed by atoms with Gasteiger partial charge < -0.3 is 15.3 Å². The number of aromatic hydroxyl groups is 2. The van der Waals surface area contributed by atoms with Crippen molar-refractivity contribution in [2.45, 2.75) is 0 Å². The first-order valence-corrected chi connectivity index (χ1v) is 6.71. The van der Waals surface area contributed by atoms with Crippen molar-refractivity contribution in [3.8, 4) is 11.5 Å². The second kappa shape index (κ2) is 7.09. The molecule has 2 aromatic carbocycles. The van der Waals surface area contributed by atoms with E-state index in [1.807, 2.05) is 0 Å². The number of hydrogen-bond donors (Lipinski definition) is 3. The topological polar surface area (TPSA) is 94.8 Å². The number of aliphatic carboxylic acids is 1. The summed E-state index contributed by atoms with van der Waals surface area (Å²) >= 11 is 0. The van der Waals surface area contributed by atoms with Crippen LogP contribution in [0.4, 0.5) is 0 Å². The lowest BCUT2D eigenvalue weighted by molar-refractivity contribution is -0.131. The normalized spacial score (nSPS) is 11.1. The van der Waals surface area contributed by atoms with Crippen molar-refractivity contribution in [2.24, 2.45) is 0 Å². The van der Waals surface area contributed by atoms with Crippen LogP contribution in [0.15, 0.2) is 54.6 Å². The number of carbonyl (C=O) groups excluding carboxylic acids is 1. The number of phenolic OH excluding ortho intramolecular Hbond substituents is 2. The summed E-state index contributed by atoms with van der Waals surface area (Å²) < 4.78 is 0. The zero-order valence-electron chi connectivity index (χ0n) is 12.0. The van der Waals surface area contributed by atoms with Crippen molar-refractivity contribution in [2.75, 3.05) is 0 Å². The number of phenols is 2. The minimum atomic E-state index is -1.02. The third-order valence-corrected chi connectivity index (χ3v) is 3.03. The largest absolute Gasteiger partial charge is 0.508 e. The maximum atomic E-state index is 12.0. The highest BCUT2D eigenvalue weighted by atomic mass is 16.4. The molecule has 5 heteroatoms. The standard InChI is InChI=1S/C18H14O5/c19-14-7-8-15(17(21)11-14)16(20)9-5-12-1-3-13(4-2-12)6-10-18(22)23/h1-11,19,21H,(H,22,23)/b9-5+,10-6+. The number of carboxylic acids is 1. The summed E-state index contributed by atoms with van der Waals surface area (Å²) in [6.07, 6.45) is 5.41. The van der Waals surface area contributed by atoms with Crippen LogP contribution in [0.1, 0.15) is 21.5 Å². The molecule has 0 fully saturated rings. The number of allylic oxidation sites excluding steroid dienone is 1. The van der Waals surface area contributed by atoms with Gasteiger partial charge in [0.05, 0.1) is 5.56 Å². The van der Waals surface area contributed by atoms with Crippen molar-refractivity contribution >= 4 is 23.9 Å². The number of carboxylic acid groups (broad SMARTS) is 1. The minimum Gasteiger partial charge on any atom is -0.508 e. The number of rotatable bonds is 5. The molecule has 0 saturated heterocycles. The third kappa shape index (κ3) is 4.57. The Morgan fingerprint density at radius 2 is 1.39 bits per heavy atom. The molecule has 0 saturated carbocycles. The fraction of sp³-hybridized carbons (Fsp3) is 0. The van der Waals surface area contributed by atoms with Gasteiger partial charge in [0.25, 0.3) is 0 Å². The van der Waals surface area contributed by atoms with E-state index in [0.717, 1.165) is 23.3 Å². The van der Waals surface area contributed by atoms with Gasteiger partial charge in [-0.3, -0.25) is 4.79 Å². The van der Waals surface area contributed by atoms with Gasteiger partial charge >= 0.3 is 5.97 Å². The molecule has 0 bridgehead atoms. The molecule has 5 nitrogen and oxygen atoms in total. The van der Waals surface area contributed by atoms with Gasteiger partial charge in [-0.15, -0.1) is 0 Å². The first kappa shape index (κ1) is 16.0. The molecule has 23 heavy (non-hydrogen) atoms. The van der Waals surface area contributed by atoms with Crippen LogP contribution in [0.2, 0.25) is 0 Å². The molecule has 0 aromatic heterocycles. The SMILES string of the molecule is O=C(O)/C=C/c1ccc(/C=C/C(=O)c2ccc(O)cc2O)cc1. The average molecular weight is 310 g/mol. The zero-order valence-corrected chi connectivity index (χ0v) is 12.0. The van der Waals surface area contributed by atoms with E-state index in [2.05, 4.69) is 0 Å². The Bertz CT molecular complexity index is 786. The lowest BCUT2D eigenvalue weighted by Crippen LogP contribution is -1.94. The zero-order chi connectivity index (χ0) is 16.8. The number of ketones is 1. The summed E-state index contributed by atoms with van der Waals surface area (Å²) in [7, 11) is 0. The van der Waals surface area contributed by atoms with E-state index in [1.165, 1.54) is 24.3 Å². The van der Waals surface area contributed by atoms with E-state index in [0.29, 0.717) is 0 Å². The molecule has 2 aromatic rings. The summed E-state index contributed by atoms with van der Waals surface area (Å²) in [5.74, 6) is -1.81. The quantitative estimate of drug-likeness (QED) is 0.582. The van der Waals surface area contributed by atoms with Gasteiger partial charge in [-0.2, -0.15) is 0 Å². The van der Waals surface area contributed by atoms with E-state index >= 15 is 0 Å². The molecule has 2 rings (SSSR count). The van der Waals surface area contributed by atoms with Gasteiger partial charge in [0.1, 0.15) is 11.5 Å². The highest BCUT2D eigenvalue weighted by Gasteiger charge is 2.08. The maximum absolute atomic E-state index is 12.0. The summed E-state index contributed by atoms with van der Waals surface area (Å²) in [4.78, 5) is 22.4. The Labute approximate surface area is 132 Å². The highest BCUT2D eigenvalue weighted by molar-refractivity contribution is 6.08. The van der Waals surface area contributed by atoms with Crippen molar-refractivity contribution in [1.82, 2.24) is 0 Å². The second-order valence-corrected chi connectivity index (χ2v) is 4.74. The summed E-state index contributed by atoms with van der Waals surface area (Å²) in [5.41, 5.74) is 1.58. The summed E-state index contributed by atoms with van der Waals surface area (Å²) in [6.45, 7) is 0. The van der Waals surface area contributed by atoms with Crippen molar-refractivity contribution in [1.29, 1.82) is 0 Å². The molecule has 0 unspecified atom stereocenters. The number of hydrogen-bond acceptors (Lipinski definition) is 4. The molecule has 0 radical (unpaired) electrons. The molecule has 116 valence electrons. The van der Waals surface area contributed by atoms with Crippen molar-refractivity contribution < 1.29 is 24.9 Å².